The van der Waals surface area contributed by atoms with Crippen LogP contribution in [0.3, 0.4) is 0 Å². The largest absolute Gasteiger partial charge is 0.453 e. The Bertz CT molecular complexity index is 940. The number of rotatable bonds is 7. The van der Waals surface area contributed by atoms with E-state index in [1.807, 2.05) is 19.1 Å². The summed E-state index contributed by atoms with van der Waals surface area (Å²) in [5.41, 5.74) is 2.19. The molecule has 0 radical (unpaired) electrons. The van der Waals surface area contributed by atoms with Crippen molar-refractivity contribution in [3.63, 3.8) is 0 Å². The number of piperidine rings is 1. The number of hydrogen-bond acceptors (Lipinski definition) is 4. The zero-order valence-corrected chi connectivity index (χ0v) is 18.4. The molecule has 0 aliphatic carbocycles. The number of nitrogens with one attached hydrogen (secondary N) is 1. The van der Waals surface area contributed by atoms with E-state index >= 15 is 0 Å². The highest BCUT2D eigenvalue weighted by molar-refractivity contribution is 7.88. The first-order valence-corrected chi connectivity index (χ1v) is 11.6. The molecule has 164 valence electrons. The molecule has 1 saturated heterocycles. The zero-order valence-electron chi connectivity index (χ0n) is 17.6. The van der Waals surface area contributed by atoms with Crippen molar-refractivity contribution < 1.29 is 22.3 Å². The van der Waals surface area contributed by atoms with Crippen LogP contribution in [0.5, 0.6) is 0 Å². The first kappa shape index (κ1) is 23.8. The number of benzene rings is 1. The van der Waals surface area contributed by atoms with E-state index in [0.717, 1.165) is 17.4 Å². The van der Waals surface area contributed by atoms with Gasteiger partial charge >= 0.3 is 6.09 Å². The maximum Gasteiger partial charge on any atom is 0.409 e. The molecule has 30 heavy (non-hydrogen) atoms. The second-order valence-corrected chi connectivity index (χ2v) is 9.13. The Morgan fingerprint density at radius 1 is 1.40 bits per heavy atom. The zero-order chi connectivity index (χ0) is 22.3. The highest BCUT2D eigenvalue weighted by Crippen LogP contribution is 2.26. The molecule has 1 aliphatic rings. The summed E-state index contributed by atoms with van der Waals surface area (Å²) in [4.78, 5) is 13.8. The van der Waals surface area contributed by atoms with Crippen LogP contribution in [0.1, 0.15) is 30.9 Å². The molecule has 0 aromatic heterocycles. The summed E-state index contributed by atoms with van der Waals surface area (Å²) in [7, 11) is -2.22. The second-order valence-electron chi connectivity index (χ2n) is 7.35. The van der Waals surface area contributed by atoms with Crippen LogP contribution in [0, 0.1) is 5.82 Å². The van der Waals surface area contributed by atoms with Gasteiger partial charge in [-0.3, -0.25) is 0 Å². The molecular formula is C22H29FN2O4S. The lowest BCUT2D eigenvalue weighted by Crippen LogP contribution is -2.57. The molecule has 0 bridgehead atoms. The van der Waals surface area contributed by atoms with Crippen LogP contribution in [0.15, 0.2) is 49.1 Å². The molecule has 2 rings (SSSR count). The van der Waals surface area contributed by atoms with Gasteiger partial charge in [0.15, 0.2) is 0 Å². The number of sulfonamides is 1. The Labute approximate surface area is 178 Å². The Balaban J connectivity index is 2.39. The Morgan fingerprint density at radius 2 is 2.13 bits per heavy atom. The number of nitrogens with zero attached hydrogens (tertiary/aromatic N) is 1. The third-order valence-corrected chi connectivity index (χ3v) is 5.81. The van der Waals surface area contributed by atoms with E-state index in [1.165, 1.54) is 18.1 Å². The van der Waals surface area contributed by atoms with Gasteiger partial charge in [0, 0.05) is 12.6 Å². The summed E-state index contributed by atoms with van der Waals surface area (Å²) in [5, 5.41) is 0. The minimum Gasteiger partial charge on any atom is -0.453 e. The molecule has 1 heterocycles. The van der Waals surface area contributed by atoms with Gasteiger partial charge in [-0.25, -0.2) is 22.3 Å². The van der Waals surface area contributed by atoms with Gasteiger partial charge in [0.05, 0.1) is 19.4 Å². The third-order valence-electron chi connectivity index (χ3n) is 5.08. The van der Waals surface area contributed by atoms with Crippen molar-refractivity contribution in [3.8, 4) is 0 Å². The van der Waals surface area contributed by atoms with Crippen molar-refractivity contribution in [2.75, 3.05) is 19.9 Å². The van der Waals surface area contributed by atoms with Gasteiger partial charge in [0.2, 0.25) is 10.0 Å². The van der Waals surface area contributed by atoms with E-state index in [9.17, 15) is 17.6 Å². The molecule has 1 amide bonds. The van der Waals surface area contributed by atoms with Crippen molar-refractivity contribution >= 4 is 21.7 Å². The number of methoxy groups -OCH3 is 1. The molecule has 0 saturated carbocycles. The number of carbonyl (C=O) groups excluding carboxylic acids is 1. The van der Waals surface area contributed by atoms with E-state index in [1.54, 1.807) is 24.3 Å². The molecule has 1 fully saturated rings. The molecule has 0 spiro atoms. The van der Waals surface area contributed by atoms with Crippen molar-refractivity contribution in [1.82, 2.24) is 9.62 Å². The predicted octanol–water partition coefficient (Wildman–Crippen LogP) is 3.66. The average Bonchev–Trinajstić information content (AvgIpc) is 2.69. The summed E-state index contributed by atoms with van der Waals surface area (Å²) in [6.07, 6.45) is 9.07. The molecule has 1 aliphatic heterocycles. The van der Waals surface area contributed by atoms with E-state index in [-0.39, 0.29) is 6.42 Å². The van der Waals surface area contributed by atoms with Gasteiger partial charge in [-0.05, 0) is 55.0 Å². The summed E-state index contributed by atoms with van der Waals surface area (Å²) in [6.45, 7) is 5.96. The van der Waals surface area contributed by atoms with Gasteiger partial charge in [-0.15, -0.1) is 0 Å². The number of likely N-dealkylation sites (tertiary alicyclic amines) is 1. The molecule has 8 heteroatoms. The first-order valence-electron chi connectivity index (χ1n) is 9.73. The number of allylic oxidation sites excluding steroid dienone is 5. The van der Waals surface area contributed by atoms with Crippen LogP contribution >= 0.6 is 0 Å². The van der Waals surface area contributed by atoms with E-state index in [2.05, 4.69) is 11.3 Å². The fourth-order valence-electron chi connectivity index (χ4n) is 3.64. The smallest absolute Gasteiger partial charge is 0.409 e. The average molecular weight is 437 g/mol. The van der Waals surface area contributed by atoms with Gasteiger partial charge in [0.25, 0.3) is 0 Å². The minimum atomic E-state index is -3.50. The molecule has 2 unspecified atom stereocenters. The predicted molar refractivity (Wildman–Crippen MR) is 117 cm³/mol. The number of carbonyl (C=O) groups is 1. The quantitative estimate of drug-likeness (QED) is 0.662. The van der Waals surface area contributed by atoms with Crippen LogP contribution in [-0.4, -0.2) is 51.4 Å². The molecule has 1 aromatic rings. The van der Waals surface area contributed by atoms with Crippen LogP contribution in [-0.2, 0) is 21.2 Å². The summed E-state index contributed by atoms with van der Waals surface area (Å²) in [6, 6.07) is 3.74. The molecule has 1 aromatic carbocycles. The van der Waals surface area contributed by atoms with E-state index < -0.39 is 34.0 Å². The number of ether oxygens (including phenoxy) is 1. The second kappa shape index (κ2) is 10.5. The van der Waals surface area contributed by atoms with Crippen LogP contribution in [0.4, 0.5) is 9.18 Å². The van der Waals surface area contributed by atoms with Crippen molar-refractivity contribution in [1.29, 1.82) is 0 Å². The monoisotopic (exact) mass is 436 g/mol. The van der Waals surface area contributed by atoms with E-state index in [4.69, 9.17) is 4.74 Å². The molecule has 2 atom stereocenters. The third kappa shape index (κ3) is 6.53. The van der Waals surface area contributed by atoms with Crippen molar-refractivity contribution in [2.24, 2.45) is 0 Å². The lowest BCUT2D eigenvalue weighted by atomic mass is 9.90. The Kier molecular flexibility index (Phi) is 8.37. The normalized spacial score (nSPS) is 20.4. The van der Waals surface area contributed by atoms with Crippen molar-refractivity contribution in [2.45, 2.75) is 38.3 Å². The highest BCUT2D eigenvalue weighted by atomic mass is 32.2. The summed E-state index contributed by atoms with van der Waals surface area (Å²) in [5.74, 6) is -0.401. The number of amides is 1. The summed E-state index contributed by atoms with van der Waals surface area (Å²) < 4.78 is 45.8. The lowest BCUT2D eigenvalue weighted by molar-refractivity contribution is 0.0789. The Hall–Kier alpha value is -2.45. The van der Waals surface area contributed by atoms with E-state index in [0.29, 0.717) is 24.9 Å². The standard InChI is InChI=1S/C22H29FN2O4S/c1-5-6-7-9-16(2)17-11-12-19(23)18(14-17)15-21-20(24-30(4,27)28)10-8-13-25(21)22(26)29-3/h5-7,9,11-12,14,20-21,24H,1,8,10,13,15H2,2-4H3/b7-6-,16-9+. The number of halogens is 1. The molecule has 6 nitrogen and oxygen atoms in total. The minimum absolute atomic E-state index is 0.164. The van der Waals surface area contributed by atoms with Crippen molar-refractivity contribution in [3.05, 3.63) is 66.0 Å². The highest BCUT2D eigenvalue weighted by Gasteiger charge is 2.36. The number of hydrogen-bond donors (Lipinski definition) is 1. The van der Waals surface area contributed by atoms with Crippen LogP contribution in [0.25, 0.3) is 5.57 Å². The van der Waals surface area contributed by atoms with Crippen LogP contribution in [0.2, 0.25) is 0 Å². The van der Waals surface area contributed by atoms with Gasteiger partial charge in [0.1, 0.15) is 5.82 Å². The van der Waals surface area contributed by atoms with Gasteiger partial charge < -0.3 is 9.64 Å². The fraction of sp³-hybridized carbons (Fsp3) is 0.409. The fourth-order valence-corrected chi connectivity index (χ4v) is 4.47. The molecule has 1 N–H and O–H groups in total. The lowest BCUT2D eigenvalue weighted by Gasteiger charge is -2.40. The topological polar surface area (TPSA) is 75.7 Å². The van der Waals surface area contributed by atoms with Gasteiger partial charge in [-0.1, -0.05) is 36.9 Å². The van der Waals surface area contributed by atoms with Crippen LogP contribution < -0.4 is 4.72 Å². The maximum absolute atomic E-state index is 14.6. The van der Waals surface area contributed by atoms with Gasteiger partial charge in [-0.2, -0.15) is 0 Å². The Morgan fingerprint density at radius 3 is 2.77 bits per heavy atom. The SMILES string of the molecule is C=C/C=C\C=C(/C)c1ccc(F)c(CC2C(NS(C)(=O)=O)CCCN2C(=O)OC)c1. The summed E-state index contributed by atoms with van der Waals surface area (Å²) >= 11 is 0. The molecular weight excluding hydrogens is 407 g/mol. The first-order chi connectivity index (χ1) is 14.2. The maximum atomic E-state index is 14.6.